The van der Waals surface area contributed by atoms with Gasteiger partial charge in [0, 0.05) is 17.6 Å². The fraction of sp³-hybridized carbons (Fsp3) is 0.111. The van der Waals surface area contributed by atoms with Crippen LogP contribution >= 0.6 is 15.9 Å². The number of hydrogen-bond acceptors (Lipinski definition) is 5. The highest BCUT2D eigenvalue weighted by Gasteiger charge is 2.41. The summed E-state index contributed by atoms with van der Waals surface area (Å²) < 4.78 is 11.0. The zero-order valence-corrected chi connectivity index (χ0v) is 19.9. The van der Waals surface area contributed by atoms with Gasteiger partial charge in [-0.15, -0.1) is 0 Å². The molecule has 0 bridgehead atoms. The highest BCUT2D eigenvalue weighted by atomic mass is 79.9. The van der Waals surface area contributed by atoms with Crippen LogP contribution in [0.4, 0.5) is 0 Å². The topological polar surface area (TPSA) is 88.4 Å². The number of carbonyl (C=O) groups excluding carboxylic acids is 2. The van der Waals surface area contributed by atoms with E-state index in [1.165, 1.54) is 11.3 Å². The number of fused-ring (bicyclic) bond motifs is 1. The second-order valence-corrected chi connectivity index (χ2v) is 9.27. The standard InChI is InChI=1S/C27H18BrN3O4/c28-17-10-11-19-18(14-17)24(16-6-2-1-3-7-16)25(26(32)29-19)20-15-21(22-8-4-12-34-22)31(30-20)27(33)23-9-5-13-35-23/h1-14,17,21H,15H2. The van der Waals surface area contributed by atoms with Crippen molar-refractivity contribution < 1.29 is 18.4 Å². The number of halogens is 1. The van der Waals surface area contributed by atoms with E-state index < -0.39 is 17.9 Å². The molecule has 3 aromatic rings. The van der Waals surface area contributed by atoms with Crippen molar-refractivity contribution in [3.63, 3.8) is 0 Å². The van der Waals surface area contributed by atoms with Crippen molar-refractivity contribution in [2.24, 2.45) is 10.1 Å². The fourth-order valence-electron chi connectivity index (χ4n) is 4.53. The molecule has 8 heteroatoms. The zero-order valence-electron chi connectivity index (χ0n) is 18.3. The predicted molar refractivity (Wildman–Crippen MR) is 134 cm³/mol. The second kappa shape index (κ2) is 8.63. The van der Waals surface area contributed by atoms with Gasteiger partial charge in [-0.25, -0.2) is 10.0 Å². The summed E-state index contributed by atoms with van der Waals surface area (Å²) in [5, 5.41) is 5.99. The molecule has 2 amide bonds. The molecule has 0 N–H and O–H groups in total. The van der Waals surface area contributed by atoms with Crippen molar-refractivity contribution in [2.75, 3.05) is 0 Å². The summed E-state index contributed by atoms with van der Waals surface area (Å²) in [6.07, 6.45) is 9.10. The lowest BCUT2D eigenvalue weighted by molar-refractivity contribution is -0.113. The molecule has 0 spiro atoms. The molecule has 1 aromatic carbocycles. The van der Waals surface area contributed by atoms with Crippen molar-refractivity contribution >= 4 is 44.7 Å². The monoisotopic (exact) mass is 527 g/mol. The number of hydrogen-bond donors (Lipinski definition) is 0. The summed E-state index contributed by atoms with van der Waals surface area (Å²) in [6.45, 7) is 0. The van der Waals surface area contributed by atoms with Crippen molar-refractivity contribution in [2.45, 2.75) is 17.3 Å². The number of alkyl halides is 1. The van der Waals surface area contributed by atoms with Crippen LogP contribution in [0.1, 0.15) is 34.3 Å². The first-order valence-electron chi connectivity index (χ1n) is 11.1. The largest absolute Gasteiger partial charge is 0.467 e. The van der Waals surface area contributed by atoms with E-state index >= 15 is 0 Å². The van der Waals surface area contributed by atoms with E-state index in [1.54, 1.807) is 30.5 Å². The maximum atomic E-state index is 13.5. The number of amides is 2. The van der Waals surface area contributed by atoms with Gasteiger partial charge in [0.15, 0.2) is 5.76 Å². The number of aliphatic imine (C=N–C) groups is 1. The number of furan rings is 2. The summed E-state index contributed by atoms with van der Waals surface area (Å²) >= 11 is 3.62. The number of dihydropyridines is 1. The fourth-order valence-corrected chi connectivity index (χ4v) is 4.94. The zero-order chi connectivity index (χ0) is 23.9. The van der Waals surface area contributed by atoms with E-state index in [9.17, 15) is 9.59 Å². The van der Waals surface area contributed by atoms with Gasteiger partial charge in [-0.1, -0.05) is 58.4 Å². The van der Waals surface area contributed by atoms with Gasteiger partial charge in [0.1, 0.15) is 11.8 Å². The molecule has 2 aromatic heterocycles. The normalized spacial score (nSPS) is 21.6. The molecule has 7 nitrogen and oxygen atoms in total. The Morgan fingerprint density at radius 3 is 2.54 bits per heavy atom. The Bertz CT molecular complexity index is 1460. The summed E-state index contributed by atoms with van der Waals surface area (Å²) in [5.41, 5.74) is 3.93. The molecule has 6 rings (SSSR count). The van der Waals surface area contributed by atoms with Crippen LogP contribution in [0.5, 0.6) is 0 Å². The van der Waals surface area contributed by atoms with E-state index in [0.717, 1.165) is 16.7 Å². The highest BCUT2D eigenvalue weighted by molar-refractivity contribution is 9.09. The molecule has 3 aliphatic rings. The van der Waals surface area contributed by atoms with Crippen LogP contribution in [0.3, 0.4) is 0 Å². The van der Waals surface area contributed by atoms with E-state index in [0.29, 0.717) is 29.2 Å². The number of carbonyl (C=O) groups is 2. The van der Waals surface area contributed by atoms with Gasteiger partial charge in [-0.3, -0.25) is 9.59 Å². The molecular weight excluding hydrogens is 510 g/mol. The van der Waals surface area contributed by atoms with Crippen molar-refractivity contribution in [1.29, 1.82) is 0 Å². The Balaban J connectivity index is 1.52. The third kappa shape index (κ3) is 3.76. The van der Waals surface area contributed by atoms with Crippen LogP contribution < -0.4 is 0 Å². The third-order valence-corrected chi connectivity index (χ3v) is 6.64. The van der Waals surface area contributed by atoms with Crippen LogP contribution in [-0.2, 0) is 4.79 Å². The first-order valence-corrected chi connectivity index (χ1v) is 12.0. The Hall–Kier alpha value is -4.04. The molecule has 0 radical (unpaired) electrons. The molecule has 0 saturated carbocycles. The minimum atomic E-state index is -0.524. The molecule has 172 valence electrons. The van der Waals surface area contributed by atoms with Crippen LogP contribution in [0, 0.1) is 0 Å². The average molecular weight is 528 g/mol. The molecule has 4 heterocycles. The summed E-state index contributed by atoms with van der Waals surface area (Å²) in [5.74, 6) is -0.0846. The highest BCUT2D eigenvalue weighted by Crippen LogP contribution is 2.40. The quantitative estimate of drug-likeness (QED) is 0.418. The van der Waals surface area contributed by atoms with Crippen molar-refractivity contribution in [3.05, 3.63) is 114 Å². The summed E-state index contributed by atoms with van der Waals surface area (Å²) in [7, 11) is 0. The van der Waals surface area contributed by atoms with Crippen LogP contribution in [0.25, 0.3) is 5.57 Å². The predicted octanol–water partition coefficient (Wildman–Crippen LogP) is 5.51. The maximum absolute atomic E-state index is 13.5. The van der Waals surface area contributed by atoms with E-state index in [-0.39, 0.29) is 10.6 Å². The van der Waals surface area contributed by atoms with Gasteiger partial charge < -0.3 is 8.83 Å². The first kappa shape index (κ1) is 21.5. The Morgan fingerprint density at radius 1 is 1.00 bits per heavy atom. The Kier molecular flexibility index (Phi) is 5.30. The number of allylic oxidation sites excluding steroid dienone is 5. The van der Waals surface area contributed by atoms with Crippen LogP contribution in [0.2, 0.25) is 0 Å². The van der Waals surface area contributed by atoms with Crippen molar-refractivity contribution in [1.82, 2.24) is 5.01 Å². The first-order chi connectivity index (χ1) is 17.1. The molecule has 0 saturated heterocycles. The van der Waals surface area contributed by atoms with E-state index in [2.05, 4.69) is 26.0 Å². The SMILES string of the molecule is O=C1N=C2C=CC(Br)C=C2C(c2ccccc2)=C1C1=NN(C(=O)c2ccco2)C(c2ccco2)C1. The van der Waals surface area contributed by atoms with Gasteiger partial charge >= 0.3 is 5.91 Å². The van der Waals surface area contributed by atoms with E-state index in [4.69, 9.17) is 8.83 Å². The lowest BCUT2D eigenvalue weighted by Gasteiger charge is -2.24. The second-order valence-electron chi connectivity index (χ2n) is 8.21. The van der Waals surface area contributed by atoms with Crippen LogP contribution in [0.15, 0.2) is 115 Å². The minimum Gasteiger partial charge on any atom is -0.467 e. The summed E-state index contributed by atoms with van der Waals surface area (Å²) in [6, 6.07) is 16.0. The third-order valence-electron chi connectivity index (χ3n) is 6.07. The Morgan fingerprint density at radius 2 is 1.80 bits per heavy atom. The Labute approximate surface area is 209 Å². The molecule has 2 unspecified atom stereocenters. The van der Waals surface area contributed by atoms with Crippen molar-refractivity contribution in [3.8, 4) is 0 Å². The van der Waals surface area contributed by atoms with E-state index in [1.807, 2.05) is 48.6 Å². The van der Waals surface area contributed by atoms with Crippen LogP contribution in [-0.4, -0.2) is 33.1 Å². The summed E-state index contributed by atoms with van der Waals surface area (Å²) in [4.78, 5) is 31.1. The molecular formula is C27H18BrN3O4. The number of rotatable bonds is 4. The maximum Gasteiger partial charge on any atom is 0.310 e. The number of nitrogens with zero attached hydrogens (tertiary/aromatic N) is 3. The molecule has 2 atom stereocenters. The molecule has 2 aliphatic heterocycles. The minimum absolute atomic E-state index is 0.00280. The molecule has 35 heavy (non-hydrogen) atoms. The lowest BCUT2D eigenvalue weighted by Crippen LogP contribution is -2.26. The van der Waals surface area contributed by atoms with Gasteiger partial charge in [-0.05, 0) is 35.9 Å². The molecule has 1 aliphatic carbocycles. The number of benzene rings is 1. The lowest BCUT2D eigenvalue weighted by atomic mass is 9.83. The van der Waals surface area contributed by atoms with Gasteiger partial charge in [0.2, 0.25) is 0 Å². The van der Waals surface area contributed by atoms with Gasteiger partial charge in [0.25, 0.3) is 5.91 Å². The van der Waals surface area contributed by atoms with Gasteiger partial charge in [-0.2, -0.15) is 5.10 Å². The number of hydrazone groups is 1. The van der Waals surface area contributed by atoms with Gasteiger partial charge in [0.05, 0.1) is 34.3 Å². The smallest absolute Gasteiger partial charge is 0.310 e. The molecule has 0 fully saturated rings. The average Bonchev–Trinajstić information content (AvgIpc) is 3.65.